The molecule has 41 heavy (non-hydrogen) atoms. The van der Waals surface area contributed by atoms with Crippen molar-refractivity contribution in [3.8, 4) is 5.75 Å². The van der Waals surface area contributed by atoms with E-state index in [2.05, 4.69) is 20.3 Å². The van der Waals surface area contributed by atoms with Crippen molar-refractivity contribution < 1.29 is 24.2 Å². The summed E-state index contributed by atoms with van der Waals surface area (Å²) in [6, 6.07) is 13.4. The number of benzene rings is 1. The number of nitrogens with one attached hydrogen (secondary N) is 1. The van der Waals surface area contributed by atoms with E-state index in [1.165, 1.54) is 18.3 Å². The Bertz CT molecular complexity index is 1640. The number of carboxylic acid groups (broad SMARTS) is 1. The number of carboxylic acids is 1. The van der Waals surface area contributed by atoms with Gasteiger partial charge >= 0.3 is 5.97 Å². The summed E-state index contributed by atoms with van der Waals surface area (Å²) in [5, 5.41) is 11.6. The molecule has 0 spiro atoms. The molecule has 4 heterocycles. The van der Waals surface area contributed by atoms with Crippen molar-refractivity contribution in [2.45, 2.75) is 20.3 Å². The van der Waals surface area contributed by atoms with Crippen LogP contribution >= 0.6 is 0 Å². The second-order valence-electron chi connectivity index (χ2n) is 9.44. The van der Waals surface area contributed by atoms with Crippen molar-refractivity contribution in [2.24, 2.45) is 0 Å². The van der Waals surface area contributed by atoms with E-state index in [4.69, 9.17) is 9.84 Å². The molecule has 1 aromatic carbocycles. The minimum absolute atomic E-state index is 0.0340. The van der Waals surface area contributed by atoms with Gasteiger partial charge in [-0.2, -0.15) is 0 Å². The molecule has 2 N–H and O–H groups in total. The van der Waals surface area contributed by atoms with Gasteiger partial charge in [0, 0.05) is 44.2 Å². The monoisotopic (exact) mass is 552 g/mol. The van der Waals surface area contributed by atoms with Crippen molar-refractivity contribution in [1.82, 2.24) is 15.0 Å². The zero-order chi connectivity index (χ0) is 29.1. The van der Waals surface area contributed by atoms with Crippen molar-refractivity contribution >= 4 is 40.9 Å². The lowest BCUT2D eigenvalue weighted by Crippen LogP contribution is -2.25. The number of pyridine rings is 3. The molecule has 2 amide bonds. The molecule has 0 aliphatic carbocycles. The van der Waals surface area contributed by atoms with E-state index < -0.39 is 5.97 Å². The molecule has 1 aliphatic rings. The number of aryl methyl sites for hydroxylation is 1. The molecule has 4 aromatic rings. The number of amides is 2. The highest BCUT2D eigenvalue weighted by Crippen LogP contribution is 2.37. The van der Waals surface area contributed by atoms with Crippen LogP contribution in [0.4, 0.5) is 23.1 Å². The van der Waals surface area contributed by atoms with Crippen LogP contribution in [0.5, 0.6) is 5.75 Å². The average molecular weight is 553 g/mol. The number of aromatic nitrogens is 3. The van der Waals surface area contributed by atoms with E-state index in [0.717, 1.165) is 16.8 Å². The fraction of sp³-hybridized carbons (Fsp3) is 0.200. The third-order valence-electron chi connectivity index (χ3n) is 6.75. The minimum Gasteiger partial charge on any atom is -0.493 e. The number of ether oxygens (including phenoxy) is 1. The van der Waals surface area contributed by atoms with Gasteiger partial charge in [0.15, 0.2) is 5.82 Å². The highest BCUT2D eigenvalue weighted by molar-refractivity contribution is 6.12. The third kappa shape index (κ3) is 5.55. The molecule has 208 valence electrons. The van der Waals surface area contributed by atoms with Crippen molar-refractivity contribution in [1.29, 1.82) is 0 Å². The molecule has 0 saturated carbocycles. The Morgan fingerprint density at radius 2 is 1.80 bits per heavy atom. The maximum atomic E-state index is 13.3. The van der Waals surface area contributed by atoms with Crippen molar-refractivity contribution in [3.63, 3.8) is 0 Å². The van der Waals surface area contributed by atoms with E-state index >= 15 is 0 Å². The first-order chi connectivity index (χ1) is 19.8. The van der Waals surface area contributed by atoms with Crippen LogP contribution in [0, 0.1) is 6.92 Å². The highest BCUT2D eigenvalue weighted by Gasteiger charge is 2.30. The van der Waals surface area contributed by atoms with Crippen molar-refractivity contribution in [3.05, 3.63) is 94.9 Å². The quantitative estimate of drug-likeness (QED) is 0.324. The molecule has 11 heteroatoms. The standard InChI is InChI=1S/C30H28N6O5/c1-4-36-26-22(29(38)35(3)23-6-5-12-31-27(23)36)15-19(16-33-26)11-13-41-24-9-7-20(14-18(24)2)28(37)34-25-10-8-21(17-32-25)30(39)40/h5-10,12,14-17H,4,11,13H2,1-3H3,(H,39,40)(H,32,34,37). The minimum atomic E-state index is -1.09. The first kappa shape index (κ1) is 27.3. The first-order valence-corrected chi connectivity index (χ1v) is 13.0. The Morgan fingerprint density at radius 3 is 2.51 bits per heavy atom. The van der Waals surface area contributed by atoms with Gasteiger partial charge in [-0.1, -0.05) is 0 Å². The molecule has 0 atom stereocenters. The number of anilines is 4. The fourth-order valence-electron chi connectivity index (χ4n) is 4.57. The number of fused-ring (bicyclic) bond motifs is 2. The molecule has 0 saturated heterocycles. The van der Waals surface area contributed by atoms with Crippen LogP contribution in [0.1, 0.15) is 49.1 Å². The fourth-order valence-corrected chi connectivity index (χ4v) is 4.57. The van der Waals surface area contributed by atoms with E-state index in [-0.39, 0.29) is 23.2 Å². The molecule has 1 aliphatic heterocycles. The summed E-state index contributed by atoms with van der Waals surface area (Å²) in [6.07, 6.45) is 5.16. The zero-order valence-electron chi connectivity index (χ0n) is 22.8. The molecule has 0 unspecified atom stereocenters. The molecule has 11 nitrogen and oxygen atoms in total. The van der Waals surface area contributed by atoms with E-state index in [0.29, 0.717) is 48.1 Å². The molecule has 0 bridgehead atoms. The highest BCUT2D eigenvalue weighted by atomic mass is 16.5. The van der Waals surface area contributed by atoms with Crippen LogP contribution in [0.15, 0.2) is 67.1 Å². The van der Waals surface area contributed by atoms with Crippen molar-refractivity contribution in [2.75, 3.05) is 35.3 Å². The van der Waals surface area contributed by atoms with Crippen LogP contribution in [0.25, 0.3) is 0 Å². The maximum Gasteiger partial charge on any atom is 0.337 e. The number of hydrogen-bond acceptors (Lipinski definition) is 8. The van der Waals surface area contributed by atoms with Gasteiger partial charge in [-0.25, -0.2) is 19.7 Å². The molecular formula is C30H28N6O5. The normalized spacial score (nSPS) is 12.3. The Kier molecular flexibility index (Phi) is 7.59. The third-order valence-corrected chi connectivity index (χ3v) is 6.75. The van der Waals surface area contributed by atoms with Gasteiger partial charge < -0.3 is 25.0 Å². The van der Waals surface area contributed by atoms with Gasteiger partial charge in [-0.15, -0.1) is 0 Å². The zero-order valence-corrected chi connectivity index (χ0v) is 22.8. The van der Waals surface area contributed by atoms with Crippen LogP contribution in [0.2, 0.25) is 0 Å². The van der Waals surface area contributed by atoms with Gasteiger partial charge in [-0.3, -0.25) is 9.59 Å². The number of aromatic carboxylic acids is 1. The summed E-state index contributed by atoms with van der Waals surface area (Å²) in [6.45, 7) is 4.79. The summed E-state index contributed by atoms with van der Waals surface area (Å²) in [5.41, 5.74) is 3.30. The predicted octanol–water partition coefficient (Wildman–Crippen LogP) is 4.50. The second-order valence-corrected chi connectivity index (χ2v) is 9.44. The summed E-state index contributed by atoms with van der Waals surface area (Å²) >= 11 is 0. The van der Waals surface area contributed by atoms with Crippen LogP contribution in [-0.4, -0.2) is 58.0 Å². The molecule has 0 fully saturated rings. The lowest BCUT2D eigenvalue weighted by atomic mass is 10.1. The number of nitrogens with zero attached hydrogens (tertiary/aromatic N) is 5. The Balaban J connectivity index is 1.24. The van der Waals surface area contributed by atoms with Crippen LogP contribution < -0.4 is 19.9 Å². The van der Waals surface area contributed by atoms with Gasteiger partial charge in [0.05, 0.1) is 23.4 Å². The summed E-state index contributed by atoms with van der Waals surface area (Å²) < 4.78 is 6.00. The van der Waals surface area contributed by atoms with Gasteiger partial charge in [0.25, 0.3) is 11.8 Å². The number of carbonyl (C=O) groups excluding carboxylic acids is 2. The van der Waals surface area contributed by atoms with Crippen LogP contribution in [-0.2, 0) is 6.42 Å². The molecular weight excluding hydrogens is 524 g/mol. The van der Waals surface area contributed by atoms with Gasteiger partial charge in [0.1, 0.15) is 17.4 Å². The summed E-state index contributed by atoms with van der Waals surface area (Å²) in [5.74, 6) is 0.518. The van der Waals surface area contributed by atoms with E-state index in [1.807, 2.05) is 36.9 Å². The Labute approximate surface area is 236 Å². The SMILES string of the molecule is CCN1c2ncc(CCOc3ccc(C(=O)Nc4ccc(C(=O)O)cn4)cc3C)cc2C(=O)N(C)c2cccnc21. The lowest BCUT2D eigenvalue weighted by molar-refractivity contribution is 0.0696. The predicted molar refractivity (Wildman–Crippen MR) is 153 cm³/mol. The molecule has 3 aromatic heterocycles. The number of hydrogen-bond donors (Lipinski definition) is 2. The first-order valence-electron chi connectivity index (χ1n) is 13.0. The van der Waals surface area contributed by atoms with E-state index in [1.54, 1.807) is 42.5 Å². The smallest absolute Gasteiger partial charge is 0.337 e. The molecule has 5 rings (SSSR count). The lowest BCUT2D eigenvalue weighted by Gasteiger charge is -2.22. The maximum absolute atomic E-state index is 13.3. The van der Waals surface area contributed by atoms with Crippen LogP contribution in [0.3, 0.4) is 0 Å². The van der Waals surface area contributed by atoms with Gasteiger partial charge in [-0.05, 0) is 73.5 Å². The number of carbonyl (C=O) groups is 3. The average Bonchev–Trinajstić information content (AvgIpc) is 3.06. The Hall–Kier alpha value is -5.32. The summed E-state index contributed by atoms with van der Waals surface area (Å²) in [4.78, 5) is 53.6. The summed E-state index contributed by atoms with van der Waals surface area (Å²) in [7, 11) is 1.74. The number of rotatable bonds is 8. The largest absolute Gasteiger partial charge is 0.493 e. The molecule has 0 radical (unpaired) electrons. The Morgan fingerprint density at radius 1 is 1.00 bits per heavy atom. The van der Waals surface area contributed by atoms with Gasteiger partial charge in [0.2, 0.25) is 0 Å². The van der Waals surface area contributed by atoms with E-state index in [9.17, 15) is 14.4 Å². The topological polar surface area (TPSA) is 138 Å². The second kappa shape index (κ2) is 11.4.